The molecule has 0 N–H and O–H groups in total. The molecule has 0 radical (unpaired) electrons. The fourth-order valence-corrected chi connectivity index (χ4v) is 8.95. The molecule has 1 aliphatic carbocycles. The third-order valence-corrected chi connectivity index (χ3v) is 11.8. The minimum absolute atomic E-state index is 0.0599. The van der Waals surface area contributed by atoms with E-state index in [1.807, 2.05) is 7.11 Å². The number of ether oxygens (including phenoxy) is 1. The van der Waals surface area contributed by atoms with Crippen molar-refractivity contribution in [1.29, 1.82) is 0 Å². The van der Waals surface area contributed by atoms with Crippen molar-refractivity contribution in [1.82, 2.24) is 0 Å². The molecule has 0 spiro atoms. The molecule has 0 amide bonds. The average molecular weight is 371 g/mol. The first-order valence-corrected chi connectivity index (χ1v) is 12.6. The molecule has 1 aromatic rings. The highest BCUT2D eigenvalue weighted by Crippen LogP contribution is 2.41. The number of allylic oxidation sites excluding steroid dienone is 4. The van der Waals surface area contributed by atoms with E-state index in [1.165, 1.54) is 28.4 Å². The molecule has 0 heterocycles. The van der Waals surface area contributed by atoms with Gasteiger partial charge in [0.15, 0.2) is 0 Å². The topological polar surface area (TPSA) is 9.23 Å². The second kappa shape index (κ2) is 7.38. The van der Waals surface area contributed by atoms with E-state index in [0.29, 0.717) is 5.54 Å². The zero-order valence-electron chi connectivity index (χ0n) is 18.4. The zero-order chi connectivity index (χ0) is 19.8. The third-order valence-electron chi connectivity index (χ3n) is 6.15. The molecule has 0 fully saturated rings. The van der Waals surface area contributed by atoms with Crippen LogP contribution < -0.4 is 9.92 Å². The van der Waals surface area contributed by atoms with E-state index >= 15 is 0 Å². The summed E-state index contributed by atoms with van der Waals surface area (Å²) in [7, 11) is 0.0858. The molecule has 0 saturated carbocycles. The van der Waals surface area contributed by atoms with Crippen LogP contribution in [0.25, 0.3) is 0 Å². The average Bonchev–Trinajstić information content (AvgIpc) is 3.09. The molecule has 2 rings (SSSR count). The van der Waals surface area contributed by atoms with Crippen molar-refractivity contribution in [3.8, 4) is 5.75 Å². The number of methoxy groups -OCH3 is 1. The van der Waals surface area contributed by atoms with E-state index in [1.54, 1.807) is 0 Å². The molecule has 0 unspecified atom stereocenters. The Morgan fingerprint density at radius 1 is 0.885 bits per heavy atom. The van der Waals surface area contributed by atoms with Crippen LogP contribution in [-0.2, 0) is 10.8 Å². The van der Waals surface area contributed by atoms with E-state index in [-0.39, 0.29) is 10.8 Å². The summed E-state index contributed by atoms with van der Waals surface area (Å²) in [6, 6.07) is 7.35. The van der Waals surface area contributed by atoms with E-state index in [0.717, 1.165) is 5.75 Å². The lowest BCUT2D eigenvalue weighted by Gasteiger charge is -2.39. The van der Waals surface area contributed by atoms with Crippen molar-refractivity contribution in [2.75, 3.05) is 7.11 Å². The second-order valence-corrected chi connectivity index (χ2v) is 14.7. The molecule has 0 bridgehead atoms. The van der Waals surface area contributed by atoms with Crippen molar-refractivity contribution >= 4 is 13.3 Å². The Balaban J connectivity index is 2.88. The fourth-order valence-electron chi connectivity index (χ4n) is 4.29. The first-order chi connectivity index (χ1) is 12.0. The molecule has 26 heavy (non-hydrogen) atoms. The Morgan fingerprint density at radius 3 is 1.81 bits per heavy atom. The molecule has 2 heteroatoms. The lowest BCUT2D eigenvalue weighted by molar-refractivity contribution is 0.399. The predicted octanol–water partition coefficient (Wildman–Crippen LogP) is 6.48. The number of hydrogen-bond donors (Lipinski definition) is 0. The Hall–Kier alpha value is -1.28. The van der Waals surface area contributed by atoms with Gasteiger partial charge in [-0.25, -0.2) is 0 Å². The van der Waals surface area contributed by atoms with Gasteiger partial charge in [0.05, 0.1) is 7.11 Å². The van der Waals surface area contributed by atoms with Gasteiger partial charge >= 0.3 is 0 Å². The summed E-state index contributed by atoms with van der Waals surface area (Å²) in [6.45, 7) is 18.6. The van der Waals surface area contributed by atoms with Crippen molar-refractivity contribution in [3.05, 3.63) is 47.6 Å². The Labute approximate surface area is 162 Å². The van der Waals surface area contributed by atoms with Crippen molar-refractivity contribution in [2.45, 2.75) is 83.8 Å². The van der Waals surface area contributed by atoms with E-state index in [2.05, 4.69) is 91.8 Å². The molecule has 0 atom stereocenters. The second-order valence-electron chi connectivity index (χ2n) is 9.76. The normalized spacial score (nSPS) is 15.7. The molecular weight excluding hydrogens is 332 g/mol. The van der Waals surface area contributed by atoms with E-state index < -0.39 is 8.07 Å². The van der Waals surface area contributed by atoms with Crippen LogP contribution in [-0.4, -0.2) is 15.2 Å². The van der Waals surface area contributed by atoms with Gasteiger partial charge in [0.25, 0.3) is 0 Å². The summed E-state index contributed by atoms with van der Waals surface area (Å²) in [6.07, 6.45) is 9.28. The van der Waals surface area contributed by atoms with Crippen LogP contribution in [0.1, 0.15) is 66.5 Å². The maximum atomic E-state index is 6.13. The SMILES string of the molecule is CC[Si](CC)(c1cc(C(C)(C)C)cc(C(C)(C)C)c1OC)C1C=CC=C1. The maximum Gasteiger partial charge on any atom is 0.121 e. The molecule has 0 aliphatic heterocycles. The van der Waals surface area contributed by atoms with Crippen LogP contribution in [0.2, 0.25) is 17.6 Å². The van der Waals surface area contributed by atoms with Crippen LogP contribution in [0, 0.1) is 0 Å². The van der Waals surface area contributed by atoms with Gasteiger partial charge in [0.2, 0.25) is 0 Å². The summed E-state index contributed by atoms with van der Waals surface area (Å²) in [4.78, 5) is 0. The number of benzene rings is 1. The van der Waals surface area contributed by atoms with Crippen molar-refractivity contribution < 1.29 is 4.74 Å². The van der Waals surface area contributed by atoms with Gasteiger partial charge in [-0.2, -0.15) is 0 Å². The smallest absolute Gasteiger partial charge is 0.121 e. The summed E-state index contributed by atoms with van der Waals surface area (Å²) in [5.41, 5.74) is 3.54. The summed E-state index contributed by atoms with van der Waals surface area (Å²) >= 11 is 0. The zero-order valence-corrected chi connectivity index (χ0v) is 19.4. The van der Waals surface area contributed by atoms with Gasteiger partial charge in [0.1, 0.15) is 13.8 Å². The first-order valence-electron chi connectivity index (χ1n) is 10.1. The number of hydrogen-bond acceptors (Lipinski definition) is 1. The van der Waals surface area contributed by atoms with Crippen LogP contribution in [0.3, 0.4) is 0 Å². The van der Waals surface area contributed by atoms with Crippen molar-refractivity contribution in [3.63, 3.8) is 0 Å². The fraction of sp³-hybridized carbons (Fsp3) is 0.583. The molecule has 1 nitrogen and oxygen atoms in total. The minimum Gasteiger partial charge on any atom is -0.497 e. The summed E-state index contributed by atoms with van der Waals surface area (Å²) in [5, 5.41) is 1.52. The van der Waals surface area contributed by atoms with Crippen LogP contribution in [0.4, 0.5) is 0 Å². The van der Waals surface area contributed by atoms with Gasteiger partial charge in [-0.15, -0.1) is 0 Å². The van der Waals surface area contributed by atoms with Crippen molar-refractivity contribution in [2.24, 2.45) is 0 Å². The highest BCUT2D eigenvalue weighted by molar-refractivity contribution is 6.94. The van der Waals surface area contributed by atoms with E-state index in [4.69, 9.17) is 4.74 Å². The van der Waals surface area contributed by atoms with Crippen LogP contribution in [0.15, 0.2) is 36.4 Å². The maximum absolute atomic E-state index is 6.13. The lowest BCUT2D eigenvalue weighted by atomic mass is 9.80. The third kappa shape index (κ3) is 3.71. The molecule has 144 valence electrons. The number of rotatable bonds is 5. The van der Waals surface area contributed by atoms with Crippen LogP contribution in [0.5, 0.6) is 5.75 Å². The van der Waals surface area contributed by atoms with Gasteiger partial charge in [0, 0.05) is 0 Å². The largest absolute Gasteiger partial charge is 0.497 e. The van der Waals surface area contributed by atoms with Gasteiger partial charge < -0.3 is 4.74 Å². The van der Waals surface area contributed by atoms with E-state index in [9.17, 15) is 0 Å². The molecular formula is C24H38OSi. The standard InChI is InChI=1S/C24H38OSi/c1-10-26(11-2,19-14-12-13-15-19)21-17-18(23(3,4)5)16-20(22(21)25-9)24(6,7)8/h12-17,19H,10-11H2,1-9H3. The lowest BCUT2D eigenvalue weighted by Crippen LogP contribution is -2.51. The quantitative estimate of drug-likeness (QED) is 0.539. The molecule has 1 aliphatic rings. The Kier molecular flexibility index (Phi) is 5.97. The minimum atomic E-state index is -1.77. The van der Waals surface area contributed by atoms with Gasteiger partial charge in [-0.3, -0.25) is 0 Å². The van der Waals surface area contributed by atoms with Gasteiger partial charge in [-0.05, 0) is 32.7 Å². The monoisotopic (exact) mass is 370 g/mol. The van der Waals surface area contributed by atoms with Gasteiger partial charge in [-0.1, -0.05) is 104 Å². The molecule has 1 aromatic carbocycles. The van der Waals surface area contributed by atoms with Crippen LogP contribution >= 0.6 is 0 Å². The summed E-state index contributed by atoms with van der Waals surface area (Å²) < 4.78 is 6.13. The molecule has 0 aromatic heterocycles. The highest BCUT2D eigenvalue weighted by Gasteiger charge is 2.42. The predicted molar refractivity (Wildman–Crippen MR) is 119 cm³/mol. The summed E-state index contributed by atoms with van der Waals surface area (Å²) in [5.74, 6) is 1.15. The first kappa shape index (κ1) is 21.0. The molecule has 0 saturated heterocycles. The Morgan fingerprint density at radius 2 is 1.42 bits per heavy atom. The highest BCUT2D eigenvalue weighted by atomic mass is 28.3. The Bertz CT molecular complexity index is 682.